The molecule has 2 aromatic rings. The average Bonchev–Trinajstić information content (AvgIpc) is 2.75. The minimum atomic E-state index is -0.564. The molecule has 1 heterocycles. The summed E-state index contributed by atoms with van der Waals surface area (Å²) >= 11 is 0. The molecule has 6 heteroatoms. The highest BCUT2D eigenvalue weighted by Gasteiger charge is 2.11. The maximum atomic E-state index is 11.9. The normalized spacial score (nSPS) is 10.6. The predicted molar refractivity (Wildman–Crippen MR) is 67.0 cm³/mol. The molecule has 2 rings (SSSR count). The van der Waals surface area contributed by atoms with Gasteiger partial charge in [-0.25, -0.2) is 4.79 Å². The van der Waals surface area contributed by atoms with Crippen LogP contribution in [0.5, 0.6) is 0 Å². The maximum Gasteiger partial charge on any atom is 0.417 e. The number of aromatic amines is 1. The monoisotopic (exact) mass is 263 g/mol. The van der Waals surface area contributed by atoms with Gasteiger partial charge < -0.3 is 9.15 Å². The molecule has 0 unspecified atom stereocenters. The molecule has 0 spiro atoms. The van der Waals surface area contributed by atoms with Gasteiger partial charge in [-0.05, 0) is 25.1 Å². The lowest BCUT2D eigenvalue weighted by Crippen LogP contribution is -2.07. The van der Waals surface area contributed by atoms with Crippen molar-refractivity contribution in [3.63, 3.8) is 0 Å². The lowest BCUT2D eigenvalue weighted by molar-refractivity contribution is -0.143. The zero-order valence-corrected chi connectivity index (χ0v) is 10.4. The molecule has 0 bridgehead atoms. The first kappa shape index (κ1) is 13.1. The van der Waals surface area contributed by atoms with Gasteiger partial charge in [0.2, 0.25) is 0 Å². The lowest BCUT2D eigenvalue weighted by atomic mass is 10.1. The van der Waals surface area contributed by atoms with Crippen LogP contribution in [0.4, 0.5) is 0 Å². The van der Waals surface area contributed by atoms with Gasteiger partial charge in [-0.1, -0.05) is 0 Å². The summed E-state index contributed by atoms with van der Waals surface area (Å²) in [7, 11) is 0. The van der Waals surface area contributed by atoms with Crippen molar-refractivity contribution >= 4 is 22.9 Å². The molecule has 0 aliphatic rings. The Morgan fingerprint density at radius 3 is 2.84 bits per heavy atom. The first-order chi connectivity index (χ1) is 9.10. The minimum absolute atomic E-state index is 0.0434. The van der Waals surface area contributed by atoms with Crippen molar-refractivity contribution in [2.75, 3.05) is 6.61 Å². The van der Waals surface area contributed by atoms with Crippen LogP contribution in [-0.4, -0.2) is 23.3 Å². The third kappa shape index (κ3) is 3.09. The van der Waals surface area contributed by atoms with Gasteiger partial charge in [0.25, 0.3) is 0 Å². The van der Waals surface area contributed by atoms with Crippen molar-refractivity contribution in [3.8, 4) is 0 Å². The Kier molecular flexibility index (Phi) is 3.79. The van der Waals surface area contributed by atoms with Crippen LogP contribution >= 0.6 is 0 Å². The molecule has 1 aromatic heterocycles. The van der Waals surface area contributed by atoms with Gasteiger partial charge in [-0.2, -0.15) is 0 Å². The van der Waals surface area contributed by atoms with E-state index in [1.165, 1.54) is 6.07 Å². The Morgan fingerprint density at radius 2 is 2.11 bits per heavy atom. The van der Waals surface area contributed by atoms with E-state index in [-0.39, 0.29) is 18.6 Å². The second-order valence-electron chi connectivity index (χ2n) is 3.95. The fourth-order valence-electron chi connectivity index (χ4n) is 1.71. The fraction of sp³-hybridized carbons (Fsp3) is 0.308. The van der Waals surface area contributed by atoms with E-state index < -0.39 is 11.7 Å². The standard InChI is InChI=1S/C13H13NO5/c1-2-18-12(16)6-5-10(15)8-3-4-9-11(7-8)19-13(17)14-9/h3-4,7H,2,5-6H2,1H3,(H,14,17). The van der Waals surface area contributed by atoms with Gasteiger partial charge in [0, 0.05) is 12.0 Å². The number of aromatic nitrogens is 1. The van der Waals surface area contributed by atoms with Crippen LogP contribution in [0.1, 0.15) is 30.1 Å². The van der Waals surface area contributed by atoms with Crippen LogP contribution < -0.4 is 5.76 Å². The molecule has 0 saturated heterocycles. The Morgan fingerprint density at radius 1 is 1.32 bits per heavy atom. The van der Waals surface area contributed by atoms with Crippen molar-refractivity contribution in [1.82, 2.24) is 4.98 Å². The summed E-state index contributed by atoms with van der Waals surface area (Å²) in [5.74, 6) is -1.16. The number of carbonyl (C=O) groups excluding carboxylic acids is 2. The van der Waals surface area contributed by atoms with Gasteiger partial charge in [-0.3, -0.25) is 14.6 Å². The molecule has 19 heavy (non-hydrogen) atoms. The smallest absolute Gasteiger partial charge is 0.417 e. The quantitative estimate of drug-likeness (QED) is 0.654. The maximum absolute atomic E-state index is 11.9. The van der Waals surface area contributed by atoms with Crippen LogP contribution in [0, 0.1) is 0 Å². The lowest BCUT2D eigenvalue weighted by Gasteiger charge is -2.01. The molecular formula is C13H13NO5. The number of H-pyrrole nitrogens is 1. The van der Waals surface area contributed by atoms with E-state index in [0.717, 1.165) is 0 Å². The van der Waals surface area contributed by atoms with E-state index in [0.29, 0.717) is 23.3 Å². The van der Waals surface area contributed by atoms with E-state index in [1.807, 2.05) is 0 Å². The summed E-state index contributed by atoms with van der Waals surface area (Å²) < 4.78 is 9.61. The molecule has 1 aromatic carbocycles. The number of nitrogens with one attached hydrogen (secondary N) is 1. The zero-order valence-electron chi connectivity index (χ0n) is 10.4. The van der Waals surface area contributed by atoms with Gasteiger partial charge in [0.05, 0.1) is 18.5 Å². The second-order valence-corrected chi connectivity index (χ2v) is 3.95. The van der Waals surface area contributed by atoms with E-state index in [9.17, 15) is 14.4 Å². The summed E-state index contributed by atoms with van der Waals surface area (Å²) in [5, 5.41) is 0. The number of ketones is 1. The zero-order chi connectivity index (χ0) is 13.8. The minimum Gasteiger partial charge on any atom is -0.466 e. The van der Waals surface area contributed by atoms with Gasteiger partial charge in [0.15, 0.2) is 11.4 Å². The molecule has 100 valence electrons. The average molecular weight is 263 g/mol. The SMILES string of the molecule is CCOC(=O)CCC(=O)c1ccc2[nH]c(=O)oc2c1. The summed E-state index contributed by atoms with van der Waals surface area (Å²) in [5.41, 5.74) is 1.26. The molecule has 0 amide bonds. The van der Waals surface area contributed by atoms with E-state index in [1.54, 1.807) is 19.1 Å². The third-order valence-electron chi connectivity index (χ3n) is 2.60. The Labute approximate surface area is 108 Å². The summed E-state index contributed by atoms with van der Waals surface area (Å²) in [4.78, 5) is 36.5. The second kappa shape index (κ2) is 5.51. The third-order valence-corrected chi connectivity index (χ3v) is 2.60. The highest BCUT2D eigenvalue weighted by atomic mass is 16.5. The van der Waals surface area contributed by atoms with Crippen LogP contribution in [0.15, 0.2) is 27.4 Å². The largest absolute Gasteiger partial charge is 0.466 e. The van der Waals surface area contributed by atoms with E-state index in [2.05, 4.69) is 4.98 Å². The first-order valence-corrected chi connectivity index (χ1v) is 5.92. The van der Waals surface area contributed by atoms with Crippen molar-refractivity contribution in [1.29, 1.82) is 0 Å². The van der Waals surface area contributed by atoms with Crippen LogP contribution in [0.2, 0.25) is 0 Å². The number of esters is 1. The molecule has 0 radical (unpaired) electrons. The number of benzene rings is 1. The van der Waals surface area contributed by atoms with Gasteiger partial charge >= 0.3 is 11.7 Å². The number of rotatable bonds is 5. The van der Waals surface area contributed by atoms with Crippen molar-refractivity contribution in [2.45, 2.75) is 19.8 Å². The van der Waals surface area contributed by atoms with Crippen molar-refractivity contribution in [2.24, 2.45) is 0 Å². The van der Waals surface area contributed by atoms with Gasteiger partial charge in [0.1, 0.15) is 0 Å². The Balaban J connectivity index is 2.08. The highest BCUT2D eigenvalue weighted by molar-refractivity contribution is 5.99. The summed E-state index contributed by atoms with van der Waals surface area (Å²) in [6, 6.07) is 4.67. The van der Waals surface area contributed by atoms with Crippen LogP contribution in [-0.2, 0) is 9.53 Å². The molecule has 0 saturated carbocycles. The van der Waals surface area contributed by atoms with E-state index >= 15 is 0 Å². The highest BCUT2D eigenvalue weighted by Crippen LogP contribution is 2.14. The fourth-order valence-corrected chi connectivity index (χ4v) is 1.71. The molecule has 0 atom stereocenters. The number of ether oxygens (including phenoxy) is 1. The van der Waals surface area contributed by atoms with Crippen molar-refractivity contribution in [3.05, 3.63) is 34.3 Å². The number of fused-ring (bicyclic) bond motifs is 1. The summed E-state index contributed by atoms with van der Waals surface area (Å²) in [6.45, 7) is 2.01. The Bertz CT molecular complexity index is 667. The van der Waals surface area contributed by atoms with E-state index in [4.69, 9.17) is 9.15 Å². The molecule has 0 fully saturated rings. The van der Waals surface area contributed by atoms with Crippen LogP contribution in [0.3, 0.4) is 0 Å². The number of hydrogen-bond acceptors (Lipinski definition) is 5. The molecular weight excluding hydrogens is 250 g/mol. The molecule has 6 nitrogen and oxygen atoms in total. The van der Waals surface area contributed by atoms with Crippen LogP contribution in [0.25, 0.3) is 11.1 Å². The number of Topliss-reactive ketones (excluding diaryl/α,β-unsaturated/α-hetero) is 1. The molecule has 0 aliphatic carbocycles. The summed E-state index contributed by atoms with van der Waals surface area (Å²) in [6.07, 6.45) is 0.112. The molecule has 1 N–H and O–H groups in total. The van der Waals surface area contributed by atoms with Gasteiger partial charge in [-0.15, -0.1) is 0 Å². The topological polar surface area (TPSA) is 89.4 Å². The molecule has 0 aliphatic heterocycles. The number of hydrogen-bond donors (Lipinski definition) is 1. The predicted octanol–water partition coefficient (Wildman–Crippen LogP) is 1.65. The van der Waals surface area contributed by atoms with Crippen molar-refractivity contribution < 1.29 is 18.7 Å². The number of carbonyl (C=O) groups is 2. The number of oxazole rings is 1. The first-order valence-electron chi connectivity index (χ1n) is 5.92. The Hall–Kier alpha value is -2.37.